The van der Waals surface area contributed by atoms with E-state index in [9.17, 15) is 9.59 Å². The topological polar surface area (TPSA) is 81.4 Å². The van der Waals surface area contributed by atoms with Crippen molar-refractivity contribution in [3.63, 3.8) is 0 Å². The molecule has 1 amide bonds. The molecule has 3 N–H and O–H groups in total. The quantitative estimate of drug-likeness (QED) is 0.505. The number of carbonyl (C=O) groups excluding carboxylic acids is 2. The van der Waals surface area contributed by atoms with Crippen molar-refractivity contribution in [2.24, 2.45) is 11.7 Å². The molecule has 0 aromatic heterocycles. The van der Waals surface area contributed by atoms with Gasteiger partial charge in [-0.05, 0) is 25.2 Å². The number of methoxy groups -OCH3 is 1. The minimum Gasteiger partial charge on any atom is -0.469 e. The standard InChI is InChI=1S/C16H30N2O3/c1-21-15(19)10-6-3-7-11-18-16(20)14(17)12-13-8-4-2-5-9-13/h13-14H,2-12,17H2,1H3,(H,18,20)/t14-/m0/s1. The van der Waals surface area contributed by atoms with Crippen LogP contribution in [0, 0.1) is 5.92 Å². The molecule has 1 rings (SSSR count). The van der Waals surface area contributed by atoms with Gasteiger partial charge in [0.05, 0.1) is 13.2 Å². The minimum atomic E-state index is -0.372. The number of hydrogen-bond donors (Lipinski definition) is 2. The van der Waals surface area contributed by atoms with E-state index in [-0.39, 0.29) is 17.9 Å². The molecule has 5 nitrogen and oxygen atoms in total. The summed E-state index contributed by atoms with van der Waals surface area (Å²) in [6.45, 7) is 0.637. The van der Waals surface area contributed by atoms with E-state index in [1.54, 1.807) is 0 Å². The molecular formula is C16H30N2O3. The molecular weight excluding hydrogens is 268 g/mol. The molecule has 0 bridgehead atoms. The molecule has 5 heteroatoms. The molecule has 0 unspecified atom stereocenters. The fraction of sp³-hybridized carbons (Fsp3) is 0.875. The number of nitrogens with two attached hydrogens (primary N) is 1. The predicted octanol–water partition coefficient (Wildman–Crippen LogP) is 2.13. The monoisotopic (exact) mass is 298 g/mol. The first kappa shape index (κ1) is 18.0. The molecule has 21 heavy (non-hydrogen) atoms. The van der Waals surface area contributed by atoms with Gasteiger partial charge < -0.3 is 15.8 Å². The summed E-state index contributed by atoms with van der Waals surface area (Å²) < 4.78 is 4.57. The smallest absolute Gasteiger partial charge is 0.305 e. The van der Waals surface area contributed by atoms with Crippen molar-refractivity contribution >= 4 is 11.9 Å². The number of amides is 1. The number of ether oxygens (including phenoxy) is 1. The van der Waals surface area contributed by atoms with E-state index in [1.165, 1.54) is 39.2 Å². The highest BCUT2D eigenvalue weighted by molar-refractivity contribution is 5.81. The number of rotatable bonds is 9. The zero-order valence-electron chi connectivity index (χ0n) is 13.2. The maximum Gasteiger partial charge on any atom is 0.305 e. The van der Waals surface area contributed by atoms with Crippen LogP contribution in [0.2, 0.25) is 0 Å². The molecule has 1 aliphatic carbocycles. The van der Waals surface area contributed by atoms with Crippen LogP contribution in [0.4, 0.5) is 0 Å². The number of esters is 1. The van der Waals surface area contributed by atoms with Crippen LogP contribution in [-0.4, -0.2) is 31.6 Å². The maximum absolute atomic E-state index is 11.9. The highest BCUT2D eigenvalue weighted by Crippen LogP contribution is 2.26. The molecule has 0 aliphatic heterocycles. The first-order chi connectivity index (χ1) is 10.1. The van der Waals surface area contributed by atoms with Crippen molar-refractivity contribution in [1.82, 2.24) is 5.32 Å². The van der Waals surface area contributed by atoms with Gasteiger partial charge in [-0.25, -0.2) is 0 Å². The molecule has 0 saturated heterocycles. The lowest BCUT2D eigenvalue weighted by Crippen LogP contribution is -2.42. The van der Waals surface area contributed by atoms with Crippen LogP contribution in [-0.2, 0) is 14.3 Å². The van der Waals surface area contributed by atoms with Crippen LogP contribution in [0.15, 0.2) is 0 Å². The average molecular weight is 298 g/mol. The lowest BCUT2D eigenvalue weighted by molar-refractivity contribution is -0.140. The lowest BCUT2D eigenvalue weighted by atomic mass is 9.85. The van der Waals surface area contributed by atoms with E-state index >= 15 is 0 Å². The first-order valence-corrected chi connectivity index (χ1v) is 8.23. The van der Waals surface area contributed by atoms with Gasteiger partial charge in [0.25, 0.3) is 0 Å². The Morgan fingerprint density at radius 3 is 2.57 bits per heavy atom. The van der Waals surface area contributed by atoms with Crippen molar-refractivity contribution in [1.29, 1.82) is 0 Å². The maximum atomic E-state index is 11.9. The van der Waals surface area contributed by atoms with Gasteiger partial charge in [0.1, 0.15) is 0 Å². The number of carbonyl (C=O) groups is 2. The summed E-state index contributed by atoms with van der Waals surface area (Å²) in [5.74, 6) is 0.418. The molecule has 1 aliphatic rings. The molecule has 0 aromatic carbocycles. The Hall–Kier alpha value is -1.10. The van der Waals surface area contributed by atoms with Crippen LogP contribution >= 0.6 is 0 Å². The molecule has 0 radical (unpaired) electrons. The largest absolute Gasteiger partial charge is 0.469 e. The van der Waals surface area contributed by atoms with Gasteiger partial charge in [-0.2, -0.15) is 0 Å². The van der Waals surface area contributed by atoms with Gasteiger partial charge in [0.2, 0.25) is 5.91 Å². The van der Waals surface area contributed by atoms with Gasteiger partial charge in [0, 0.05) is 13.0 Å². The second kappa shape index (κ2) is 10.6. The van der Waals surface area contributed by atoms with E-state index < -0.39 is 0 Å². The van der Waals surface area contributed by atoms with Gasteiger partial charge in [0.15, 0.2) is 0 Å². The Morgan fingerprint density at radius 1 is 1.19 bits per heavy atom. The third kappa shape index (κ3) is 8.05. The van der Waals surface area contributed by atoms with E-state index in [0.29, 0.717) is 18.9 Å². The van der Waals surface area contributed by atoms with Crippen molar-refractivity contribution in [2.45, 2.75) is 70.3 Å². The summed E-state index contributed by atoms with van der Waals surface area (Å²) in [5, 5.41) is 2.89. The summed E-state index contributed by atoms with van der Waals surface area (Å²) in [6, 6.07) is -0.372. The van der Waals surface area contributed by atoms with Crippen LogP contribution < -0.4 is 11.1 Å². The molecule has 122 valence electrons. The Morgan fingerprint density at radius 2 is 1.90 bits per heavy atom. The molecule has 0 heterocycles. The van der Waals surface area contributed by atoms with E-state index in [1.807, 2.05) is 0 Å². The Kier molecular flexibility index (Phi) is 9.06. The summed E-state index contributed by atoms with van der Waals surface area (Å²) in [4.78, 5) is 22.8. The summed E-state index contributed by atoms with van der Waals surface area (Å²) in [7, 11) is 1.40. The molecule has 1 saturated carbocycles. The average Bonchev–Trinajstić information content (AvgIpc) is 2.51. The molecule has 1 fully saturated rings. The van der Waals surface area contributed by atoms with Crippen molar-refractivity contribution in [3.8, 4) is 0 Å². The number of nitrogens with one attached hydrogen (secondary N) is 1. The normalized spacial score (nSPS) is 17.2. The van der Waals surface area contributed by atoms with Crippen molar-refractivity contribution < 1.29 is 14.3 Å². The van der Waals surface area contributed by atoms with Crippen LogP contribution in [0.3, 0.4) is 0 Å². The van der Waals surface area contributed by atoms with E-state index in [4.69, 9.17) is 5.73 Å². The lowest BCUT2D eigenvalue weighted by Gasteiger charge is -2.24. The second-order valence-corrected chi connectivity index (χ2v) is 6.02. The zero-order chi connectivity index (χ0) is 15.5. The SMILES string of the molecule is COC(=O)CCCCCNC(=O)[C@@H](N)CC1CCCCC1. The summed E-state index contributed by atoms with van der Waals surface area (Å²) in [6.07, 6.45) is 10.2. The van der Waals surface area contributed by atoms with Crippen LogP contribution in [0.25, 0.3) is 0 Å². The van der Waals surface area contributed by atoms with Crippen molar-refractivity contribution in [3.05, 3.63) is 0 Å². The molecule has 0 aromatic rings. The number of unbranched alkanes of at least 4 members (excludes halogenated alkanes) is 2. The summed E-state index contributed by atoms with van der Waals surface area (Å²) in [5.41, 5.74) is 5.97. The van der Waals surface area contributed by atoms with Crippen molar-refractivity contribution in [2.75, 3.05) is 13.7 Å². The van der Waals surface area contributed by atoms with Gasteiger partial charge in [-0.1, -0.05) is 38.5 Å². The van der Waals surface area contributed by atoms with Gasteiger partial charge >= 0.3 is 5.97 Å². The van der Waals surface area contributed by atoms with Gasteiger partial charge in [-0.3, -0.25) is 9.59 Å². The van der Waals surface area contributed by atoms with E-state index in [0.717, 1.165) is 25.7 Å². The van der Waals surface area contributed by atoms with Crippen LogP contribution in [0.5, 0.6) is 0 Å². The molecule has 0 spiro atoms. The molecule has 1 atom stereocenters. The first-order valence-electron chi connectivity index (χ1n) is 8.23. The summed E-state index contributed by atoms with van der Waals surface area (Å²) >= 11 is 0. The third-order valence-electron chi connectivity index (χ3n) is 4.23. The second-order valence-electron chi connectivity index (χ2n) is 6.02. The third-order valence-corrected chi connectivity index (χ3v) is 4.23. The van der Waals surface area contributed by atoms with E-state index in [2.05, 4.69) is 10.1 Å². The van der Waals surface area contributed by atoms with Gasteiger partial charge in [-0.15, -0.1) is 0 Å². The predicted molar refractivity (Wildman–Crippen MR) is 82.7 cm³/mol. The Bertz CT molecular complexity index is 315. The number of hydrogen-bond acceptors (Lipinski definition) is 4. The fourth-order valence-electron chi connectivity index (χ4n) is 2.90. The Labute approximate surface area is 128 Å². The zero-order valence-corrected chi connectivity index (χ0v) is 13.2. The Balaban J connectivity index is 2.02. The fourth-order valence-corrected chi connectivity index (χ4v) is 2.90. The minimum absolute atomic E-state index is 0.0338. The highest BCUT2D eigenvalue weighted by Gasteiger charge is 2.20. The van der Waals surface area contributed by atoms with Crippen LogP contribution in [0.1, 0.15) is 64.2 Å². The highest BCUT2D eigenvalue weighted by atomic mass is 16.5.